The van der Waals surface area contributed by atoms with Crippen molar-refractivity contribution < 1.29 is 4.74 Å². The van der Waals surface area contributed by atoms with Crippen LogP contribution >= 0.6 is 11.6 Å². The van der Waals surface area contributed by atoms with Gasteiger partial charge in [0.15, 0.2) is 0 Å². The fourth-order valence-corrected chi connectivity index (χ4v) is 2.35. The van der Waals surface area contributed by atoms with Gasteiger partial charge in [-0.05, 0) is 47.7 Å². The molecule has 106 valence electrons. The van der Waals surface area contributed by atoms with Gasteiger partial charge in [0.1, 0.15) is 10.8 Å². The van der Waals surface area contributed by atoms with Crippen molar-refractivity contribution in [2.75, 3.05) is 0 Å². The standard InChI is InChI=1S/C16H19ClN2O/c1-10(2)14-5-4-13(6-11(14)3)20-16-15(17)7-12(8-18)9-19-16/h4-7,9-10H,8,18H2,1-3H3. The minimum absolute atomic E-state index is 0.403. The lowest BCUT2D eigenvalue weighted by Gasteiger charge is -2.12. The average molecular weight is 291 g/mol. The van der Waals surface area contributed by atoms with Gasteiger partial charge in [-0.2, -0.15) is 0 Å². The minimum atomic E-state index is 0.403. The molecule has 2 aromatic rings. The molecule has 0 radical (unpaired) electrons. The molecule has 3 nitrogen and oxygen atoms in total. The van der Waals surface area contributed by atoms with Crippen molar-refractivity contribution in [1.82, 2.24) is 4.98 Å². The maximum absolute atomic E-state index is 6.14. The smallest absolute Gasteiger partial charge is 0.238 e. The van der Waals surface area contributed by atoms with Crippen LogP contribution < -0.4 is 10.5 Å². The number of aromatic nitrogens is 1. The van der Waals surface area contributed by atoms with Crippen molar-refractivity contribution >= 4 is 11.6 Å². The first-order valence-electron chi connectivity index (χ1n) is 6.64. The van der Waals surface area contributed by atoms with Crippen molar-refractivity contribution in [2.24, 2.45) is 5.73 Å². The quantitative estimate of drug-likeness (QED) is 0.907. The van der Waals surface area contributed by atoms with Crippen molar-refractivity contribution in [1.29, 1.82) is 0 Å². The second kappa shape index (κ2) is 6.25. The minimum Gasteiger partial charge on any atom is -0.438 e. The first kappa shape index (κ1) is 14.8. The van der Waals surface area contributed by atoms with Crippen molar-refractivity contribution in [3.05, 3.63) is 52.2 Å². The number of benzene rings is 1. The number of ether oxygens (including phenoxy) is 1. The highest BCUT2D eigenvalue weighted by Gasteiger charge is 2.08. The number of hydrogen-bond donors (Lipinski definition) is 1. The number of rotatable bonds is 4. The third-order valence-corrected chi connectivity index (χ3v) is 3.45. The zero-order valence-electron chi connectivity index (χ0n) is 12.0. The molecule has 0 saturated heterocycles. The van der Waals surface area contributed by atoms with E-state index in [1.54, 1.807) is 12.3 Å². The Kier molecular flexibility index (Phi) is 4.63. The molecule has 1 aromatic heterocycles. The molecule has 0 bridgehead atoms. The van der Waals surface area contributed by atoms with E-state index in [0.29, 0.717) is 23.4 Å². The molecule has 0 amide bonds. The summed E-state index contributed by atoms with van der Waals surface area (Å²) in [6, 6.07) is 7.80. The molecule has 0 atom stereocenters. The molecule has 0 saturated carbocycles. The third kappa shape index (κ3) is 3.30. The Hall–Kier alpha value is -1.58. The number of hydrogen-bond acceptors (Lipinski definition) is 3. The largest absolute Gasteiger partial charge is 0.438 e. The van der Waals surface area contributed by atoms with E-state index in [1.807, 2.05) is 12.1 Å². The molecule has 1 heterocycles. The monoisotopic (exact) mass is 290 g/mol. The number of pyridine rings is 1. The van der Waals surface area contributed by atoms with Crippen LogP contribution in [0.4, 0.5) is 0 Å². The van der Waals surface area contributed by atoms with Crippen LogP contribution in [0.25, 0.3) is 0 Å². The Morgan fingerprint density at radius 3 is 2.60 bits per heavy atom. The van der Waals surface area contributed by atoms with Crippen LogP contribution in [-0.2, 0) is 6.54 Å². The first-order chi connectivity index (χ1) is 9.51. The molecule has 0 aliphatic carbocycles. The van der Waals surface area contributed by atoms with E-state index in [2.05, 4.69) is 31.8 Å². The van der Waals surface area contributed by atoms with Crippen LogP contribution in [0, 0.1) is 6.92 Å². The zero-order valence-corrected chi connectivity index (χ0v) is 12.7. The number of nitrogens with two attached hydrogens (primary N) is 1. The molecule has 0 aliphatic heterocycles. The lowest BCUT2D eigenvalue weighted by Crippen LogP contribution is -1.98. The van der Waals surface area contributed by atoms with Gasteiger partial charge in [0.25, 0.3) is 0 Å². The molecular formula is C16H19ClN2O. The molecule has 2 rings (SSSR count). The molecule has 20 heavy (non-hydrogen) atoms. The molecule has 1 aromatic carbocycles. The van der Waals surface area contributed by atoms with Gasteiger partial charge in [-0.15, -0.1) is 0 Å². The lowest BCUT2D eigenvalue weighted by atomic mass is 9.98. The van der Waals surface area contributed by atoms with Crippen LogP contribution in [0.1, 0.15) is 36.5 Å². The zero-order chi connectivity index (χ0) is 14.7. The maximum atomic E-state index is 6.14. The molecule has 2 N–H and O–H groups in total. The van der Waals surface area contributed by atoms with E-state index < -0.39 is 0 Å². The highest BCUT2D eigenvalue weighted by molar-refractivity contribution is 6.31. The summed E-state index contributed by atoms with van der Waals surface area (Å²) in [4.78, 5) is 4.20. The van der Waals surface area contributed by atoms with Gasteiger partial charge in [-0.25, -0.2) is 4.98 Å². The predicted molar refractivity (Wildman–Crippen MR) is 82.5 cm³/mol. The Morgan fingerprint density at radius 1 is 1.30 bits per heavy atom. The number of halogens is 1. The first-order valence-corrected chi connectivity index (χ1v) is 7.02. The maximum Gasteiger partial charge on any atom is 0.238 e. The van der Waals surface area contributed by atoms with Crippen molar-refractivity contribution in [3.63, 3.8) is 0 Å². The second-order valence-corrected chi connectivity index (χ2v) is 5.52. The van der Waals surface area contributed by atoms with Gasteiger partial charge in [-0.1, -0.05) is 31.5 Å². The lowest BCUT2D eigenvalue weighted by molar-refractivity contribution is 0.462. The third-order valence-electron chi connectivity index (χ3n) is 3.18. The van der Waals surface area contributed by atoms with Gasteiger partial charge >= 0.3 is 0 Å². The summed E-state index contributed by atoms with van der Waals surface area (Å²) in [6.45, 7) is 6.84. The van der Waals surface area contributed by atoms with Gasteiger partial charge in [0.2, 0.25) is 5.88 Å². The Balaban J connectivity index is 2.24. The summed E-state index contributed by atoms with van der Waals surface area (Å²) in [5.41, 5.74) is 8.95. The van der Waals surface area contributed by atoms with Crippen molar-refractivity contribution in [2.45, 2.75) is 33.2 Å². The van der Waals surface area contributed by atoms with Gasteiger partial charge in [0.05, 0.1) is 0 Å². The fourth-order valence-electron chi connectivity index (χ4n) is 2.12. The molecule has 0 unspecified atom stereocenters. The molecule has 0 fully saturated rings. The molecule has 0 spiro atoms. The van der Waals surface area contributed by atoms with E-state index in [9.17, 15) is 0 Å². The van der Waals surface area contributed by atoms with Gasteiger partial charge < -0.3 is 10.5 Å². The summed E-state index contributed by atoms with van der Waals surface area (Å²) in [5.74, 6) is 1.64. The fraction of sp³-hybridized carbons (Fsp3) is 0.312. The summed E-state index contributed by atoms with van der Waals surface area (Å²) >= 11 is 6.14. The summed E-state index contributed by atoms with van der Waals surface area (Å²) in [6.07, 6.45) is 1.68. The summed E-state index contributed by atoms with van der Waals surface area (Å²) in [7, 11) is 0. The topological polar surface area (TPSA) is 48.1 Å². The Morgan fingerprint density at radius 2 is 2.05 bits per heavy atom. The Bertz CT molecular complexity index is 611. The summed E-state index contributed by atoms with van der Waals surface area (Å²) in [5, 5.41) is 0.471. The van der Waals surface area contributed by atoms with Gasteiger partial charge in [0, 0.05) is 12.7 Å². The highest BCUT2D eigenvalue weighted by Crippen LogP contribution is 2.30. The molecule has 4 heteroatoms. The van der Waals surface area contributed by atoms with Crippen LogP contribution in [0.2, 0.25) is 5.02 Å². The van der Waals surface area contributed by atoms with Crippen LogP contribution in [0.3, 0.4) is 0 Å². The average Bonchev–Trinajstić information content (AvgIpc) is 2.40. The van der Waals surface area contributed by atoms with Gasteiger partial charge in [-0.3, -0.25) is 0 Å². The Labute approximate surface area is 124 Å². The van der Waals surface area contributed by atoms with E-state index in [4.69, 9.17) is 22.1 Å². The van der Waals surface area contributed by atoms with Crippen molar-refractivity contribution in [3.8, 4) is 11.6 Å². The molecule has 0 aliphatic rings. The number of nitrogens with zero attached hydrogens (tertiary/aromatic N) is 1. The van der Waals surface area contributed by atoms with E-state index >= 15 is 0 Å². The number of aryl methyl sites for hydroxylation is 1. The second-order valence-electron chi connectivity index (χ2n) is 5.11. The predicted octanol–water partition coefficient (Wildman–Crippen LogP) is 4.42. The van der Waals surface area contributed by atoms with Crippen LogP contribution in [0.5, 0.6) is 11.6 Å². The van der Waals surface area contributed by atoms with E-state index in [-0.39, 0.29) is 0 Å². The van der Waals surface area contributed by atoms with E-state index in [1.165, 1.54) is 11.1 Å². The SMILES string of the molecule is Cc1cc(Oc2ncc(CN)cc2Cl)ccc1C(C)C. The summed E-state index contributed by atoms with van der Waals surface area (Å²) < 4.78 is 5.74. The normalized spacial score (nSPS) is 10.9. The van der Waals surface area contributed by atoms with E-state index in [0.717, 1.165) is 11.3 Å². The van der Waals surface area contributed by atoms with Crippen LogP contribution in [0.15, 0.2) is 30.5 Å². The highest BCUT2D eigenvalue weighted by atomic mass is 35.5. The van der Waals surface area contributed by atoms with Crippen LogP contribution in [-0.4, -0.2) is 4.98 Å². The molecular weight excluding hydrogens is 272 g/mol.